The van der Waals surface area contributed by atoms with E-state index in [1.54, 1.807) is 6.07 Å². The summed E-state index contributed by atoms with van der Waals surface area (Å²) >= 11 is 0. The normalized spacial score (nSPS) is 16.4. The number of carbonyl (C=O) groups is 1. The van der Waals surface area contributed by atoms with Gasteiger partial charge in [-0.25, -0.2) is 4.79 Å². The van der Waals surface area contributed by atoms with Crippen LogP contribution in [0.5, 0.6) is 0 Å². The minimum absolute atomic E-state index is 0.0271. The summed E-state index contributed by atoms with van der Waals surface area (Å²) in [6.07, 6.45) is 2.70. The van der Waals surface area contributed by atoms with Crippen LogP contribution in [-0.2, 0) is 4.79 Å². The van der Waals surface area contributed by atoms with Crippen molar-refractivity contribution in [2.45, 2.75) is 33.1 Å². The molecular formula is C19H24N2O3. The highest BCUT2D eigenvalue weighted by atomic mass is 16.4. The van der Waals surface area contributed by atoms with Crippen LogP contribution in [0.3, 0.4) is 0 Å². The molecule has 1 aliphatic rings. The first kappa shape index (κ1) is 16.7. The number of aryl methyl sites for hydroxylation is 1. The van der Waals surface area contributed by atoms with E-state index in [-0.39, 0.29) is 11.5 Å². The number of nitrogens with one attached hydrogen (secondary N) is 1. The highest BCUT2D eigenvalue weighted by Gasteiger charge is 2.20. The summed E-state index contributed by atoms with van der Waals surface area (Å²) in [5, 5.41) is 3.82. The van der Waals surface area contributed by atoms with Crippen molar-refractivity contribution in [2.75, 3.05) is 25.0 Å². The highest BCUT2D eigenvalue weighted by Crippen LogP contribution is 2.23. The number of benzene rings is 1. The molecule has 0 unspecified atom stereocenters. The fraction of sp³-hybridized carbons (Fsp3) is 0.474. The summed E-state index contributed by atoms with van der Waals surface area (Å²) in [4.78, 5) is 26.2. The summed E-state index contributed by atoms with van der Waals surface area (Å²) < 4.78 is 5.23. The Labute approximate surface area is 141 Å². The van der Waals surface area contributed by atoms with Crippen LogP contribution >= 0.6 is 0 Å². The van der Waals surface area contributed by atoms with Gasteiger partial charge in [0.05, 0.1) is 0 Å². The Balaban J connectivity index is 1.64. The number of carbonyl (C=O) groups excluding carboxylic acids is 1. The second kappa shape index (κ2) is 7.18. The third-order valence-corrected chi connectivity index (χ3v) is 4.86. The average molecular weight is 328 g/mol. The van der Waals surface area contributed by atoms with Crippen LogP contribution in [-0.4, -0.2) is 30.4 Å². The minimum atomic E-state index is -0.369. The number of amides is 1. The molecule has 2 heterocycles. The molecule has 1 saturated heterocycles. The lowest BCUT2D eigenvalue weighted by Gasteiger charge is -2.30. The molecule has 0 bridgehead atoms. The Hall–Kier alpha value is -2.14. The Morgan fingerprint density at radius 2 is 2.04 bits per heavy atom. The van der Waals surface area contributed by atoms with Gasteiger partial charge in [-0.1, -0.05) is 6.92 Å². The van der Waals surface area contributed by atoms with Gasteiger partial charge in [-0.15, -0.1) is 0 Å². The first-order chi connectivity index (χ1) is 11.5. The number of hydrogen-bond acceptors (Lipinski definition) is 4. The molecule has 5 heteroatoms. The van der Waals surface area contributed by atoms with E-state index in [1.165, 1.54) is 6.07 Å². The SMILES string of the molecule is CCN1CCC(CC(=O)Nc2ccc3c(C)cc(=O)oc3c2)CC1. The van der Waals surface area contributed by atoms with Crippen molar-refractivity contribution in [1.82, 2.24) is 4.90 Å². The van der Waals surface area contributed by atoms with E-state index in [2.05, 4.69) is 17.1 Å². The van der Waals surface area contributed by atoms with Crippen molar-refractivity contribution in [2.24, 2.45) is 5.92 Å². The van der Waals surface area contributed by atoms with Crippen molar-refractivity contribution < 1.29 is 9.21 Å². The number of piperidine rings is 1. The molecule has 0 atom stereocenters. The van der Waals surface area contributed by atoms with E-state index in [4.69, 9.17) is 4.42 Å². The second-order valence-corrected chi connectivity index (χ2v) is 6.59. The summed E-state index contributed by atoms with van der Waals surface area (Å²) in [5.74, 6) is 0.479. The Morgan fingerprint density at radius 1 is 1.29 bits per heavy atom. The van der Waals surface area contributed by atoms with E-state index in [1.807, 2.05) is 19.1 Å². The number of anilines is 1. The van der Waals surface area contributed by atoms with Gasteiger partial charge < -0.3 is 14.6 Å². The second-order valence-electron chi connectivity index (χ2n) is 6.59. The molecule has 0 aliphatic carbocycles. The van der Waals surface area contributed by atoms with Crippen LogP contribution in [0.1, 0.15) is 31.7 Å². The zero-order valence-electron chi connectivity index (χ0n) is 14.3. The van der Waals surface area contributed by atoms with Crippen LogP contribution in [0.2, 0.25) is 0 Å². The van der Waals surface area contributed by atoms with Crippen LogP contribution in [0, 0.1) is 12.8 Å². The summed E-state index contributed by atoms with van der Waals surface area (Å²) in [6.45, 7) is 7.29. The predicted octanol–water partition coefficient (Wildman–Crippen LogP) is 3.16. The van der Waals surface area contributed by atoms with Gasteiger partial charge in [0.25, 0.3) is 0 Å². The predicted molar refractivity (Wildman–Crippen MR) is 95.3 cm³/mol. The maximum absolute atomic E-state index is 12.3. The lowest BCUT2D eigenvalue weighted by molar-refractivity contribution is -0.117. The third kappa shape index (κ3) is 3.85. The summed E-state index contributed by atoms with van der Waals surface area (Å²) in [7, 11) is 0. The van der Waals surface area contributed by atoms with Gasteiger partial charge in [0.15, 0.2) is 0 Å². The number of hydrogen-bond donors (Lipinski definition) is 1. The maximum Gasteiger partial charge on any atom is 0.336 e. The molecule has 0 radical (unpaired) electrons. The topological polar surface area (TPSA) is 62.6 Å². The van der Waals surface area contributed by atoms with Gasteiger partial charge in [-0.2, -0.15) is 0 Å². The Morgan fingerprint density at radius 3 is 2.75 bits per heavy atom. The largest absolute Gasteiger partial charge is 0.423 e. The molecule has 1 aliphatic heterocycles. The first-order valence-electron chi connectivity index (χ1n) is 8.62. The Kier molecular flexibility index (Phi) is 5.00. The molecule has 0 saturated carbocycles. The first-order valence-corrected chi connectivity index (χ1v) is 8.62. The van der Waals surface area contributed by atoms with Crippen molar-refractivity contribution in [1.29, 1.82) is 0 Å². The van der Waals surface area contributed by atoms with E-state index in [9.17, 15) is 9.59 Å². The quantitative estimate of drug-likeness (QED) is 0.876. The lowest BCUT2D eigenvalue weighted by Crippen LogP contribution is -2.34. The Bertz CT molecular complexity index is 789. The fourth-order valence-corrected chi connectivity index (χ4v) is 3.38. The van der Waals surface area contributed by atoms with Gasteiger partial charge in [-0.05, 0) is 63.0 Å². The number of nitrogens with zero attached hydrogens (tertiary/aromatic N) is 1. The van der Waals surface area contributed by atoms with Crippen LogP contribution in [0.15, 0.2) is 33.5 Å². The highest BCUT2D eigenvalue weighted by molar-refractivity contribution is 5.93. The van der Waals surface area contributed by atoms with Crippen molar-refractivity contribution in [3.63, 3.8) is 0 Å². The van der Waals surface area contributed by atoms with Crippen LogP contribution in [0.25, 0.3) is 11.0 Å². The van der Waals surface area contributed by atoms with E-state index >= 15 is 0 Å². The maximum atomic E-state index is 12.3. The molecule has 24 heavy (non-hydrogen) atoms. The molecule has 1 N–H and O–H groups in total. The molecule has 5 nitrogen and oxygen atoms in total. The standard InChI is InChI=1S/C19H24N2O3/c1-3-21-8-6-14(7-9-21)11-18(22)20-15-4-5-16-13(2)10-19(23)24-17(16)12-15/h4-5,10,12,14H,3,6-9,11H2,1-2H3,(H,20,22). The smallest absolute Gasteiger partial charge is 0.336 e. The molecule has 1 amide bonds. The van der Waals surface area contributed by atoms with Gasteiger partial charge in [0, 0.05) is 29.6 Å². The lowest BCUT2D eigenvalue weighted by atomic mass is 9.93. The van der Waals surface area contributed by atoms with Crippen LogP contribution in [0.4, 0.5) is 5.69 Å². The number of fused-ring (bicyclic) bond motifs is 1. The van der Waals surface area contributed by atoms with Gasteiger partial charge >= 0.3 is 5.63 Å². The third-order valence-electron chi connectivity index (χ3n) is 4.86. The average Bonchev–Trinajstić information content (AvgIpc) is 2.55. The summed E-state index contributed by atoms with van der Waals surface area (Å²) in [5.41, 5.74) is 1.69. The molecule has 1 aromatic heterocycles. The number of likely N-dealkylation sites (tertiary alicyclic amines) is 1. The van der Waals surface area contributed by atoms with E-state index < -0.39 is 0 Å². The molecule has 1 aromatic carbocycles. The molecule has 1 fully saturated rings. The van der Waals surface area contributed by atoms with Crippen molar-refractivity contribution >= 4 is 22.6 Å². The minimum Gasteiger partial charge on any atom is -0.423 e. The molecular weight excluding hydrogens is 304 g/mol. The van der Waals surface area contributed by atoms with Gasteiger partial charge in [-0.3, -0.25) is 4.79 Å². The van der Waals surface area contributed by atoms with Gasteiger partial charge in [0.1, 0.15) is 5.58 Å². The number of rotatable bonds is 4. The van der Waals surface area contributed by atoms with Gasteiger partial charge in [0.2, 0.25) is 5.91 Å². The van der Waals surface area contributed by atoms with E-state index in [0.29, 0.717) is 23.6 Å². The zero-order chi connectivity index (χ0) is 17.1. The molecule has 2 aromatic rings. The molecule has 128 valence electrons. The van der Waals surface area contributed by atoms with Crippen molar-refractivity contribution in [3.05, 3.63) is 40.2 Å². The molecule has 0 spiro atoms. The zero-order valence-corrected chi connectivity index (χ0v) is 14.3. The fourth-order valence-electron chi connectivity index (χ4n) is 3.38. The van der Waals surface area contributed by atoms with E-state index in [0.717, 1.165) is 43.4 Å². The van der Waals surface area contributed by atoms with Crippen molar-refractivity contribution in [3.8, 4) is 0 Å². The molecule has 3 rings (SSSR count). The summed E-state index contributed by atoms with van der Waals surface area (Å²) in [6, 6.07) is 6.93. The monoisotopic (exact) mass is 328 g/mol. The van der Waals surface area contributed by atoms with Crippen LogP contribution < -0.4 is 10.9 Å².